The highest BCUT2D eigenvalue weighted by atomic mass is 32.1. The molecule has 50 heavy (non-hydrogen) atoms. The van der Waals surface area contributed by atoms with Gasteiger partial charge in [-0.3, -0.25) is 0 Å². The van der Waals surface area contributed by atoms with Crippen molar-refractivity contribution in [3.8, 4) is 56.4 Å². The van der Waals surface area contributed by atoms with Crippen LogP contribution in [0.1, 0.15) is 0 Å². The van der Waals surface area contributed by atoms with E-state index in [9.17, 15) is 0 Å². The Kier molecular flexibility index (Phi) is 6.64. The molecule has 5 heteroatoms. The van der Waals surface area contributed by atoms with E-state index in [1.165, 1.54) is 25.7 Å². The minimum Gasteiger partial charge on any atom is -0.455 e. The molecule has 10 rings (SSSR count). The van der Waals surface area contributed by atoms with Crippen molar-refractivity contribution in [2.45, 2.75) is 0 Å². The van der Waals surface area contributed by atoms with Crippen molar-refractivity contribution < 1.29 is 4.42 Å². The summed E-state index contributed by atoms with van der Waals surface area (Å²) in [5.41, 5.74) is 9.25. The molecule has 0 spiro atoms. The molecule has 0 amide bonds. The van der Waals surface area contributed by atoms with E-state index >= 15 is 0 Å². The van der Waals surface area contributed by atoms with Gasteiger partial charge in [0.2, 0.25) is 0 Å². The molecule has 3 heterocycles. The number of thiophene rings is 1. The Morgan fingerprint density at radius 2 is 0.960 bits per heavy atom. The maximum atomic E-state index is 6.61. The summed E-state index contributed by atoms with van der Waals surface area (Å²) < 4.78 is 9.03. The fourth-order valence-corrected chi connectivity index (χ4v) is 8.20. The topological polar surface area (TPSA) is 51.8 Å². The maximum Gasteiger partial charge on any atom is 0.164 e. The number of rotatable bonds is 5. The molecule has 4 nitrogen and oxygen atoms in total. The first-order valence-corrected chi connectivity index (χ1v) is 17.4. The van der Waals surface area contributed by atoms with E-state index in [1.54, 1.807) is 11.3 Å². The molecule has 0 saturated heterocycles. The molecule has 0 aliphatic heterocycles. The van der Waals surface area contributed by atoms with E-state index in [4.69, 9.17) is 19.4 Å². The van der Waals surface area contributed by atoms with Gasteiger partial charge in [0.15, 0.2) is 17.5 Å². The molecular formula is C45H27N3OS. The largest absolute Gasteiger partial charge is 0.455 e. The standard InChI is InChI=1S/C45H27N3OS/c1-4-13-28(14-5-1)32-25-26-34(41-35-19-10-11-21-37(35)49-42(32)41)33-20-12-22-38-40(33)36-24-23-31(27-39(36)50-38)45-47-43(29-15-6-2-7-16-29)46-44(48-45)30-17-8-3-9-18-30/h1-27H. The average Bonchev–Trinajstić information content (AvgIpc) is 3.77. The van der Waals surface area contributed by atoms with Gasteiger partial charge in [0.25, 0.3) is 0 Å². The molecule has 0 aliphatic carbocycles. The summed E-state index contributed by atoms with van der Waals surface area (Å²) in [7, 11) is 0. The number of nitrogens with zero attached hydrogens (tertiary/aromatic N) is 3. The summed E-state index contributed by atoms with van der Waals surface area (Å²) in [6, 6.07) is 56.7. The summed E-state index contributed by atoms with van der Waals surface area (Å²) in [5.74, 6) is 1.97. The van der Waals surface area contributed by atoms with E-state index in [0.29, 0.717) is 17.5 Å². The molecule has 0 unspecified atom stereocenters. The normalized spacial score (nSPS) is 11.6. The third-order valence-electron chi connectivity index (χ3n) is 9.36. The number of para-hydroxylation sites is 1. The van der Waals surface area contributed by atoms with Crippen LogP contribution < -0.4 is 0 Å². The fourth-order valence-electron chi connectivity index (χ4n) is 7.02. The predicted molar refractivity (Wildman–Crippen MR) is 207 cm³/mol. The van der Waals surface area contributed by atoms with Gasteiger partial charge < -0.3 is 4.42 Å². The molecule has 7 aromatic carbocycles. The third kappa shape index (κ3) is 4.71. The van der Waals surface area contributed by atoms with Gasteiger partial charge in [0, 0.05) is 53.2 Å². The van der Waals surface area contributed by atoms with Crippen LogP contribution in [0.2, 0.25) is 0 Å². The van der Waals surface area contributed by atoms with Crippen molar-refractivity contribution in [2.24, 2.45) is 0 Å². The second kappa shape index (κ2) is 11.6. The lowest BCUT2D eigenvalue weighted by molar-refractivity contribution is 0.670. The van der Waals surface area contributed by atoms with Gasteiger partial charge in [0.05, 0.1) is 0 Å². The summed E-state index contributed by atoms with van der Waals surface area (Å²) in [4.78, 5) is 14.9. The smallest absolute Gasteiger partial charge is 0.164 e. The second-order valence-electron chi connectivity index (χ2n) is 12.4. The summed E-state index contributed by atoms with van der Waals surface area (Å²) in [6.45, 7) is 0. The van der Waals surface area contributed by atoms with Crippen molar-refractivity contribution in [1.29, 1.82) is 0 Å². The van der Waals surface area contributed by atoms with Crippen LogP contribution in [0.3, 0.4) is 0 Å². The summed E-state index contributed by atoms with van der Waals surface area (Å²) in [5, 5.41) is 4.70. The molecule has 0 N–H and O–H groups in total. The summed E-state index contributed by atoms with van der Waals surface area (Å²) in [6.07, 6.45) is 0. The Balaban J connectivity index is 1.17. The van der Waals surface area contributed by atoms with Gasteiger partial charge in [-0.15, -0.1) is 11.3 Å². The van der Waals surface area contributed by atoms with Crippen LogP contribution in [0.15, 0.2) is 168 Å². The number of benzene rings is 7. The Morgan fingerprint density at radius 3 is 1.66 bits per heavy atom. The van der Waals surface area contributed by atoms with Crippen LogP contribution in [-0.4, -0.2) is 15.0 Å². The van der Waals surface area contributed by atoms with Crippen LogP contribution in [0.5, 0.6) is 0 Å². The first-order chi connectivity index (χ1) is 24.8. The predicted octanol–water partition coefficient (Wildman–Crippen LogP) is 12.5. The molecule has 0 saturated carbocycles. The van der Waals surface area contributed by atoms with E-state index in [0.717, 1.165) is 55.3 Å². The van der Waals surface area contributed by atoms with E-state index in [2.05, 4.69) is 91.0 Å². The van der Waals surface area contributed by atoms with E-state index in [1.807, 2.05) is 72.8 Å². The average molecular weight is 658 g/mol. The zero-order valence-electron chi connectivity index (χ0n) is 26.7. The first-order valence-electron chi connectivity index (χ1n) is 16.6. The quantitative estimate of drug-likeness (QED) is 0.185. The number of hydrogen-bond acceptors (Lipinski definition) is 5. The SMILES string of the molecule is c1ccc(-c2nc(-c3ccccc3)nc(-c3ccc4c(c3)sc3cccc(-c5ccc(-c6ccccc6)c6oc7ccccc7c56)c34)n2)cc1. The minimum atomic E-state index is 0.653. The number of fused-ring (bicyclic) bond motifs is 6. The second-order valence-corrected chi connectivity index (χ2v) is 13.4. The number of hydrogen-bond donors (Lipinski definition) is 0. The number of aromatic nitrogens is 3. The molecule has 10 aromatic rings. The molecule has 0 fully saturated rings. The zero-order valence-corrected chi connectivity index (χ0v) is 27.6. The van der Waals surface area contributed by atoms with Gasteiger partial charge in [-0.25, -0.2) is 15.0 Å². The lowest BCUT2D eigenvalue weighted by atomic mass is 9.92. The highest BCUT2D eigenvalue weighted by Crippen LogP contribution is 2.46. The van der Waals surface area contributed by atoms with Crippen molar-refractivity contribution in [3.63, 3.8) is 0 Å². The van der Waals surface area contributed by atoms with Crippen molar-refractivity contribution >= 4 is 53.4 Å². The Bertz CT molecular complexity index is 2800. The Labute approximate surface area is 292 Å². The molecule has 0 atom stereocenters. The Hall–Kier alpha value is -6.43. The van der Waals surface area contributed by atoms with E-state index < -0.39 is 0 Å². The minimum absolute atomic E-state index is 0.653. The van der Waals surface area contributed by atoms with E-state index in [-0.39, 0.29) is 0 Å². The van der Waals surface area contributed by atoms with Crippen LogP contribution in [0.25, 0.3) is 98.5 Å². The third-order valence-corrected chi connectivity index (χ3v) is 10.5. The lowest BCUT2D eigenvalue weighted by Gasteiger charge is -2.10. The van der Waals surface area contributed by atoms with Gasteiger partial charge in [-0.1, -0.05) is 140 Å². The molecule has 0 aliphatic rings. The fraction of sp³-hybridized carbons (Fsp3) is 0. The van der Waals surface area contributed by atoms with Crippen LogP contribution >= 0.6 is 11.3 Å². The van der Waals surface area contributed by atoms with Gasteiger partial charge in [-0.2, -0.15) is 0 Å². The van der Waals surface area contributed by atoms with Gasteiger partial charge >= 0.3 is 0 Å². The maximum absolute atomic E-state index is 6.61. The molecule has 0 bridgehead atoms. The number of furan rings is 1. The summed E-state index contributed by atoms with van der Waals surface area (Å²) >= 11 is 1.80. The van der Waals surface area contributed by atoms with Gasteiger partial charge in [-0.05, 0) is 41.0 Å². The van der Waals surface area contributed by atoms with Crippen LogP contribution in [-0.2, 0) is 0 Å². The monoisotopic (exact) mass is 657 g/mol. The highest BCUT2D eigenvalue weighted by Gasteiger charge is 2.20. The van der Waals surface area contributed by atoms with Crippen LogP contribution in [0.4, 0.5) is 0 Å². The Morgan fingerprint density at radius 1 is 0.380 bits per heavy atom. The highest BCUT2D eigenvalue weighted by molar-refractivity contribution is 7.26. The van der Waals surface area contributed by atoms with Crippen molar-refractivity contribution in [1.82, 2.24) is 15.0 Å². The van der Waals surface area contributed by atoms with Gasteiger partial charge in [0.1, 0.15) is 11.2 Å². The van der Waals surface area contributed by atoms with Crippen molar-refractivity contribution in [2.75, 3.05) is 0 Å². The van der Waals surface area contributed by atoms with Crippen LogP contribution in [0, 0.1) is 0 Å². The molecule has 0 radical (unpaired) electrons. The molecular weight excluding hydrogens is 631 g/mol. The zero-order chi connectivity index (χ0) is 33.0. The molecule has 234 valence electrons. The van der Waals surface area contributed by atoms with Crippen molar-refractivity contribution in [3.05, 3.63) is 164 Å². The molecule has 3 aromatic heterocycles. The first kappa shape index (κ1) is 28.6. The lowest BCUT2D eigenvalue weighted by Crippen LogP contribution is -1.99.